The van der Waals surface area contributed by atoms with Gasteiger partial charge in [-0.2, -0.15) is 18.2 Å². The number of rotatable bonds is 3. The molecule has 0 spiro atoms. The molecule has 0 amide bonds. The summed E-state index contributed by atoms with van der Waals surface area (Å²) in [4.78, 5) is 7.17. The summed E-state index contributed by atoms with van der Waals surface area (Å²) in [7, 11) is 1.24. The lowest BCUT2D eigenvalue weighted by Crippen LogP contribution is -2.26. The summed E-state index contributed by atoms with van der Waals surface area (Å²) in [6, 6.07) is -0.187. The molecule has 1 saturated heterocycles. The Hall–Kier alpha value is -1.37. The van der Waals surface area contributed by atoms with E-state index in [-0.39, 0.29) is 17.6 Å². The summed E-state index contributed by atoms with van der Waals surface area (Å²) in [5, 5.41) is 3.16. The molecule has 1 aromatic rings. The van der Waals surface area contributed by atoms with Gasteiger partial charge in [-0.1, -0.05) is 0 Å². The predicted molar refractivity (Wildman–Crippen MR) is 58.3 cm³/mol. The Morgan fingerprint density at radius 3 is 2.83 bits per heavy atom. The minimum atomic E-state index is -4.48. The zero-order chi connectivity index (χ0) is 13.2. The second kappa shape index (κ2) is 5.09. The van der Waals surface area contributed by atoms with Crippen LogP contribution >= 0.6 is 0 Å². The molecule has 1 aromatic heterocycles. The van der Waals surface area contributed by atoms with Crippen molar-refractivity contribution in [2.45, 2.75) is 31.5 Å². The average Bonchev–Trinajstić information content (AvgIpc) is 2.81. The molecule has 4 nitrogen and oxygen atoms in total. The van der Waals surface area contributed by atoms with Gasteiger partial charge in [-0.05, 0) is 25.8 Å². The normalized spacial score (nSPS) is 20.1. The van der Waals surface area contributed by atoms with Crippen LogP contribution in [-0.2, 0) is 12.6 Å². The molecule has 1 fully saturated rings. The average molecular weight is 261 g/mol. The molecule has 0 bridgehead atoms. The molecule has 2 rings (SSSR count). The first kappa shape index (κ1) is 13.1. The fourth-order valence-corrected chi connectivity index (χ4v) is 2.08. The monoisotopic (exact) mass is 261 g/mol. The van der Waals surface area contributed by atoms with Crippen LogP contribution in [0.1, 0.15) is 24.1 Å². The van der Waals surface area contributed by atoms with Crippen molar-refractivity contribution in [2.75, 3.05) is 13.7 Å². The van der Waals surface area contributed by atoms with Gasteiger partial charge in [-0.25, -0.2) is 4.98 Å². The van der Waals surface area contributed by atoms with Gasteiger partial charge in [0.2, 0.25) is 0 Å². The van der Waals surface area contributed by atoms with Gasteiger partial charge in [0.1, 0.15) is 0 Å². The standard InChI is InChI=1S/C11H14F3N3O/c1-18-10-16-6-7(5-8-3-2-4-15-8)9(17-10)11(12,13)14/h6,8,15H,2-5H2,1H3. The molecular weight excluding hydrogens is 247 g/mol. The molecule has 0 aliphatic carbocycles. The van der Waals surface area contributed by atoms with E-state index in [1.165, 1.54) is 13.3 Å². The first-order valence-electron chi connectivity index (χ1n) is 5.71. The van der Waals surface area contributed by atoms with Gasteiger partial charge >= 0.3 is 12.2 Å². The molecule has 1 aliphatic rings. The molecule has 7 heteroatoms. The number of halogens is 3. The van der Waals surface area contributed by atoms with Gasteiger partial charge in [-0.15, -0.1) is 0 Å². The Labute approximate surface area is 103 Å². The maximum atomic E-state index is 12.9. The maximum absolute atomic E-state index is 12.9. The van der Waals surface area contributed by atoms with E-state index >= 15 is 0 Å². The van der Waals surface area contributed by atoms with Gasteiger partial charge in [0.25, 0.3) is 0 Å². The highest BCUT2D eigenvalue weighted by Gasteiger charge is 2.36. The Balaban J connectivity index is 2.27. The van der Waals surface area contributed by atoms with Crippen molar-refractivity contribution in [2.24, 2.45) is 0 Å². The van der Waals surface area contributed by atoms with Gasteiger partial charge in [-0.3, -0.25) is 0 Å². The number of aromatic nitrogens is 2. The van der Waals surface area contributed by atoms with E-state index in [4.69, 9.17) is 0 Å². The number of nitrogens with zero attached hydrogens (tertiary/aromatic N) is 2. The molecular formula is C11H14F3N3O. The first-order chi connectivity index (χ1) is 8.50. The van der Waals surface area contributed by atoms with E-state index in [9.17, 15) is 13.2 Å². The third-order valence-corrected chi connectivity index (χ3v) is 2.92. The van der Waals surface area contributed by atoms with Crippen LogP contribution in [0.2, 0.25) is 0 Å². The van der Waals surface area contributed by atoms with Crippen molar-refractivity contribution in [1.82, 2.24) is 15.3 Å². The second-order valence-electron chi connectivity index (χ2n) is 4.23. The van der Waals surface area contributed by atoms with Gasteiger partial charge in [0.15, 0.2) is 5.69 Å². The zero-order valence-corrected chi connectivity index (χ0v) is 9.92. The summed E-state index contributed by atoms with van der Waals surface area (Å²) in [6.07, 6.45) is -1.12. The van der Waals surface area contributed by atoms with Gasteiger partial charge in [0, 0.05) is 17.8 Å². The lowest BCUT2D eigenvalue weighted by atomic mass is 10.0. The van der Waals surface area contributed by atoms with Gasteiger partial charge < -0.3 is 10.1 Å². The highest BCUT2D eigenvalue weighted by atomic mass is 19.4. The largest absolute Gasteiger partial charge is 0.467 e. The summed E-state index contributed by atoms with van der Waals surface area (Å²) >= 11 is 0. The number of hydrogen-bond acceptors (Lipinski definition) is 4. The molecule has 0 saturated carbocycles. The zero-order valence-electron chi connectivity index (χ0n) is 9.92. The van der Waals surface area contributed by atoms with E-state index in [0.29, 0.717) is 6.42 Å². The summed E-state index contributed by atoms with van der Waals surface area (Å²) in [6.45, 7) is 0.850. The molecule has 0 aromatic carbocycles. The number of ether oxygens (including phenoxy) is 1. The Morgan fingerprint density at radius 1 is 1.50 bits per heavy atom. The van der Waals surface area contributed by atoms with Crippen LogP contribution in [0.4, 0.5) is 13.2 Å². The fourth-order valence-electron chi connectivity index (χ4n) is 2.08. The quantitative estimate of drug-likeness (QED) is 0.901. The maximum Gasteiger partial charge on any atom is 0.433 e. The third-order valence-electron chi connectivity index (χ3n) is 2.92. The molecule has 1 N–H and O–H groups in total. The SMILES string of the molecule is COc1ncc(CC2CCCN2)c(C(F)(F)F)n1. The topological polar surface area (TPSA) is 47.0 Å². The minimum Gasteiger partial charge on any atom is -0.467 e. The molecule has 18 heavy (non-hydrogen) atoms. The molecule has 100 valence electrons. The number of alkyl halides is 3. The van der Waals surface area contributed by atoms with Crippen molar-refractivity contribution in [3.8, 4) is 6.01 Å². The van der Waals surface area contributed by atoms with Crippen LogP contribution < -0.4 is 10.1 Å². The third kappa shape index (κ3) is 2.90. The van der Waals surface area contributed by atoms with E-state index in [2.05, 4.69) is 20.0 Å². The molecule has 2 heterocycles. The van der Waals surface area contributed by atoms with Crippen molar-refractivity contribution in [1.29, 1.82) is 0 Å². The van der Waals surface area contributed by atoms with E-state index < -0.39 is 11.9 Å². The van der Waals surface area contributed by atoms with Crippen LogP contribution in [0.15, 0.2) is 6.20 Å². The highest BCUT2D eigenvalue weighted by molar-refractivity contribution is 5.23. The first-order valence-corrected chi connectivity index (χ1v) is 5.71. The Kier molecular flexibility index (Phi) is 3.70. The molecule has 1 aliphatic heterocycles. The number of methoxy groups -OCH3 is 1. The van der Waals surface area contributed by atoms with Crippen LogP contribution in [0.25, 0.3) is 0 Å². The van der Waals surface area contributed by atoms with E-state index in [0.717, 1.165) is 19.4 Å². The van der Waals surface area contributed by atoms with Crippen LogP contribution in [-0.4, -0.2) is 29.7 Å². The van der Waals surface area contributed by atoms with Crippen molar-refractivity contribution < 1.29 is 17.9 Å². The molecule has 1 atom stereocenters. The van der Waals surface area contributed by atoms with E-state index in [1.54, 1.807) is 0 Å². The number of nitrogens with one attached hydrogen (secondary N) is 1. The van der Waals surface area contributed by atoms with Gasteiger partial charge in [0.05, 0.1) is 7.11 Å². The number of hydrogen-bond donors (Lipinski definition) is 1. The smallest absolute Gasteiger partial charge is 0.433 e. The van der Waals surface area contributed by atoms with Crippen molar-refractivity contribution in [3.05, 3.63) is 17.5 Å². The highest BCUT2D eigenvalue weighted by Crippen LogP contribution is 2.32. The fraction of sp³-hybridized carbons (Fsp3) is 0.636. The van der Waals surface area contributed by atoms with Crippen molar-refractivity contribution >= 4 is 0 Å². The summed E-state index contributed by atoms with van der Waals surface area (Å²) in [5.74, 6) is 0. The van der Waals surface area contributed by atoms with Crippen LogP contribution in [0.3, 0.4) is 0 Å². The van der Waals surface area contributed by atoms with Crippen LogP contribution in [0.5, 0.6) is 6.01 Å². The lowest BCUT2D eigenvalue weighted by Gasteiger charge is -2.15. The Morgan fingerprint density at radius 2 is 2.28 bits per heavy atom. The van der Waals surface area contributed by atoms with E-state index in [1.807, 2.05) is 0 Å². The summed E-state index contributed by atoms with van der Waals surface area (Å²) < 4.78 is 43.3. The second-order valence-corrected chi connectivity index (χ2v) is 4.23. The molecule has 0 radical (unpaired) electrons. The van der Waals surface area contributed by atoms with Crippen molar-refractivity contribution in [3.63, 3.8) is 0 Å². The van der Waals surface area contributed by atoms with Crippen LogP contribution in [0, 0.1) is 0 Å². The lowest BCUT2D eigenvalue weighted by molar-refractivity contribution is -0.142. The Bertz CT molecular complexity index is 416. The minimum absolute atomic E-state index is 0.0723. The predicted octanol–water partition coefficient (Wildman–Crippen LogP) is 1.80. The molecule has 1 unspecified atom stereocenters. The summed E-state index contributed by atoms with van der Waals surface area (Å²) in [5.41, 5.74) is -0.786.